The van der Waals surface area contributed by atoms with Crippen molar-refractivity contribution in [3.05, 3.63) is 58.6 Å². The first-order chi connectivity index (χ1) is 11.6. The highest BCUT2D eigenvalue weighted by atomic mass is 35.5. The number of rotatable bonds is 4. The van der Waals surface area contributed by atoms with Crippen LogP contribution in [-0.2, 0) is 0 Å². The van der Waals surface area contributed by atoms with Gasteiger partial charge in [0, 0.05) is 11.1 Å². The van der Waals surface area contributed by atoms with Gasteiger partial charge in [0.1, 0.15) is 5.75 Å². The number of amides is 1. The Hall–Kier alpha value is -2.86. The number of carbonyl (C=O) groups excluding carboxylic acids is 1. The van der Waals surface area contributed by atoms with E-state index in [2.05, 4.69) is 15.6 Å². The Kier molecular flexibility index (Phi) is 4.48. The lowest BCUT2D eigenvalue weighted by atomic mass is 10.1. The van der Waals surface area contributed by atoms with E-state index in [1.807, 2.05) is 31.2 Å². The lowest BCUT2D eigenvalue weighted by molar-refractivity contribution is 0.102. The maximum absolute atomic E-state index is 12.4. The third kappa shape index (κ3) is 3.23. The van der Waals surface area contributed by atoms with Gasteiger partial charge >= 0.3 is 0 Å². The molecule has 0 saturated heterocycles. The number of aryl methyl sites for hydroxylation is 1. The number of hydrogen-bond donors (Lipinski definition) is 1. The van der Waals surface area contributed by atoms with E-state index in [0.717, 1.165) is 11.1 Å². The summed E-state index contributed by atoms with van der Waals surface area (Å²) in [5.74, 6) is 0.371. The summed E-state index contributed by atoms with van der Waals surface area (Å²) >= 11 is 6.05. The number of hydrogen-bond acceptors (Lipinski definition) is 5. The van der Waals surface area contributed by atoms with Gasteiger partial charge in [-0.1, -0.05) is 41.4 Å². The van der Waals surface area contributed by atoms with E-state index in [1.54, 1.807) is 12.1 Å². The van der Waals surface area contributed by atoms with Crippen molar-refractivity contribution in [1.82, 2.24) is 10.3 Å². The normalized spacial score (nSPS) is 10.5. The third-order valence-corrected chi connectivity index (χ3v) is 3.75. The van der Waals surface area contributed by atoms with Gasteiger partial charge in [-0.25, -0.2) is 4.63 Å². The van der Waals surface area contributed by atoms with Crippen molar-refractivity contribution in [3.8, 4) is 17.0 Å². The lowest BCUT2D eigenvalue weighted by Crippen LogP contribution is -2.13. The Morgan fingerprint density at radius 3 is 2.58 bits per heavy atom. The van der Waals surface area contributed by atoms with Gasteiger partial charge in [0.05, 0.1) is 12.1 Å². The molecule has 122 valence electrons. The number of aromatic nitrogens is 2. The summed E-state index contributed by atoms with van der Waals surface area (Å²) in [4.78, 5) is 12.4. The number of nitrogens with one attached hydrogen (secondary N) is 1. The summed E-state index contributed by atoms with van der Waals surface area (Å²) in [6.07, 6.45) is 0. The number of ether oxygens (including phenoxy) is 1. The second kappa shape index (κ2) is 6.72. The van der Waals surface area contributed by atoms with E-state index in [0.29, 0.717) is 22.0 Å². The highest BCUT2D eigenvalue weighted by Gasteiger charge is 2.17. The molecule has 1 heterocycles. The van der Waals surface area contributed by atoms with Gasteiger partial charge in [0.2, 0.25) is 5.82 Å². The van der Waals surface area contributed by atoms with Crippen LogP contribution >= 0.6 is 11.6 Å². The molecule has 0 spiro atoms. The molecule has 1 amide bonds. The molecule has 0 radical (unpaired) electrons. The molecule has 0 atom stereocenters. The molecule has 1 N–H and O–H groups in total. The summed E-state index contributed by atoms with van der Waals surface area (Å²) in [6.45, 7) is 1.99. The van der Waals surface area contributed by atoms with E-state index >= 15 is 0 Å². The maximum atomic E-state index is 12.4. The van der Waals surface area contributed by atoms with Crippen molar-refractivity contribution in [2.45, 2.75) is 6.92 Å². The van der Waals surface area contributed by atoms with Crippen LogP contribution in [0.2, 0.25) is 5.02 Å². The Bertz CT molecular complexity index is 875. The Balaban J connectivity index is 1.84. The molecule has 0 bridgehead atoms. The van der Waals surface area contributed by atoms with E-state index in [-0.39, 0.29) is 11.7 Å². The summed E-state index contributed by atoms with van der Waals surface area (Å²) in [7, 11) is 1.51. The number of carbonyl (C=O) groups is 1. The van der Waals surface area contributed by atoms with E-state index in [4.69, 9.17) is 21.0 Å². The van der Waals surface area contributed by atoms with Gasteiger partial charge in [0.15, 0.2) is 5.69 Å². The van der Waals surface area contributed by atoms with Crippen LogP contribution in [-0.4, -0.2) is 23.3 Å². The quantitative estimate of drug-likeness (QED) is 0.775. The third-order valence-electron chi connectivity index (χ3n) is 3.46. The van der Waals surface area contributed by atoms with Crippen LogP contribution in [0.25, 0.3) is 11.3 Å². The molecule has 0 saturated carbocycles. The zero-order valence-electron chi connectivity index (χ0n) is 13.0. The predicted octanol–water partition coefficient (Wildman–Crippen LogP) is 3.96. The van der Waals surface area contributed by atoms with Gasteiger partial charge < -0.3 is 10.1 Å². The molecule has 0 fully saturated rings. The summed E-state index contributed by atoms with van der Waals surface area (Å²) in [6, 6.07) is 12.4. The van der Waals surface area contributed by atoms with E-state index < -0.39 is 0 Å². The van der Waals surface area contributed by atoms with Crippen molar-refractivity contribution in [1.29, 1.82) is 0 Å². The number of methoxy groups -OCH3 is 1. The van der Waals surface area contributed by atoms with Crippen LogP contribution in [0.15, 0.2) is 47.1 Å². The fourth-order valence-corrected chi connectivity index (χ4v) is 2.42. The standard InChI is InChI=1S/C17H14ClN3O3/c1-10-3-5-11(6-4-10)15-16(21-24-20-15)19-17(22)12-7-8-14(23-2)13(18)9-12/h3-9H,1-2H3,(H,19,21,22). The monoisotopic (exact) mass is 343 g/mol. The first-order valence-electron chi connectivity index (χ1n) is 7.13. The zero-order valence-corrected chi connectivity index (χ0v) is 13.8. The van der Waals surface area contributed by atoms with Gasteiger partial charge in [-0.3, -0.25) is 4.79 Å². The molecule has 24 heavy (non-hydrogen) atoms. The first kappa shape index (κ1) is 16.0. The van der Waals surface area contributed by atoms with Crippen LogP contribution in [0.3, 0.4) is 0 Å². The van der Waals surface area contributed by atoms with Crippen LogP contribution in [0.5, 0.6) is 5.75 Å². The van der Waals surface area contributed by atoms with Gasteiger partial charge in [-0.15, -0.1) is 0 Å². The Labute approximate surface area is 143 Å². The SMILES string of the molecule is COc1ccc(C(=O)Nc2nonc2-c2ccc(C)cc2)cc1Cl. The van der Waals surface area contributed by atoms with Crippen LogP contribution in [0.4, 0.5) is 5.82 Å². The molecular formula is C17H14ClN3O3. The summed E-state index contributed by atoms with van der Waals surface area (Å²) < 4.78 is 9.84. The number of benzene rings is 2. The smallest absolute Gasteiger partial charge is 0.257 e. The van der Waals surface area contributed by atoms with Crippen LogP contribution < -0.4 is 10.1 Å². The summed E-state index contributed by atoms with van der Waals surface area (Å²) in [5, 5.41) is 10.6. The van der Waals surface area contributed by atoms with Crippen LogP contribution in [0.1, 0.15) is 15.9 Å². The first-order valence-corrected chi connectivity index (χ1v) is 7.51. The molecule has 7 heteroatoms. The van der Waals surface area contributed by atoms with Crippen molar-refractivity contribution >= 4 is 23.3 Å². The van der Waals surface area contributed by atoms with Gasteiger partial charge in [0.25, 0.3) is 5.91 Å². The molecule has 0 aliphatic rings. The van der Waals surface area contributed by atoms with Crippen molar-refractivity contribution < 1.29 is 14.2 Å². The topological polar surface area (TPSA) is 77.2 Å². The average Bonchev–Trinajstić information content (AvgIpc) is 3.03. The van der Waals surface area contributed by atoms with E-state index in [9.17, 15) is 4.79 Å². The number of halogens is 1. The molecule has 2 aromatic carbocycles. The molecule has 6 nitrogen and oxygen atoms in total. The maximum Gasteiger partial charge on any atom is 0.257 e. The second-order valence-electron chi connectivity index (χ2n) is 5.13. The summed E-state index contributed by atoms with van der Waals surface area (Å²) in [5.41, 5.74) is 2.75. The average molecular weight is 344 g/mol. The predicted molar refractivity (Wildman–Crippen MR) is 90.4 cm³/mol. The Morgan fingerprint density at radius 2 is 1.92 bits per heavy atom. The second-order valence-corrected chi connectivity index (χ2v) is 5.54. The highest BCUT2D eigenvalue weighted by Crippen LogP contribution is 2.27. The largest absolute Gasteiger partial charge is 0.495 e. The molecule has 1 aromatic heterocycles. The van der Waals surface area contributed by atoms with Crippen molar-refractivity contribution in [3.63, 3.8) is 0 Å². The highest BCUT2D eigenvalue weighted by molar-refractivity contribution is 6.32. The number of anilines is 1. The van der Waals surface area contributed by atoms with E-state index in [1.165, 1.54) is 13.2 Å². The molecule has 0 aliphatic carbocycles. The molecule has 0 unspecified atom stereocenters. The fraction of sp³-hybridized carbons (Fsp3) is 0.118. The molecule has 3 rings (SSSR count). The van der Waals surface area contributed by atoms with Crippen molar-refractivity contribution in [2.24, 2.45) is 0 Å². The van der Waals surface area contributed by atoms with Crippen LogP contribution in [0, 0.1) is 6.92 Å². The fourth-order valence-electron chi connectivity index (χ4n) is 2.16. The Morgan fingerprint density at radius 1 is 1.17 bits per heavy atom. The minimum Gasteiger partial charge on any atom is -0.495 e. The zero-order chi connectivity index (χ0) is 17.1. The van der Waals surface area contributed by atoms with Gasteiger partial charge in [-0.05, 0) is 35.4 Å². The van der Waals surface area contributed by atoms with Gasteiger partial charge in [-0.2, -0.15) is 0 Å². The van der Waals surface area contributed by atoms with Crippen molar-refractivity contribution in [2.75, 3.05) is 12.4 Å². The minimum absolute atomic E-state index is 0.246. The molecule has 3 aromatic rings. The lowest BCUT2D eigenvalue weighted by Gasteiger charge is -2.06. The number of nitrogens with zero attached hydrogens (tertiary/aromatic N) is 2. The molecule has 0 aliphatic heterocycles. The molecular weight excluding hydrogens is 330 g/mol. The minimum atomic E-state index is -0.372.